The normalized spacial score (nSPS) is 53.4. The largest absolute Gasteiger partial charge is 0.393 e. The van der Waals surface area contributed by atoms with Crippen LogP contribution in [0.25, 0.3) is 0 Å². The van der Waals surface area contributed by atoms with Gasteiger partial charge in [-0.3, -0.25) is 0 Å². The first-order chi connectivity index (χ1) is 4.77. The number of fused-ring (bicyclic) bond motifs is 1. The number of aliphatic hydroxyl groups excluding tert-OH is 1. The van der Waals surface area contributed by atoms with Crippen LogP contribution < -0.4 is 5.73 Å². The first kappa shape index (κ1) is 6.62. The van der Waals surface area contributed by atoms with Crippen LogP contribution in [0.2, 0.25) is 0 Å². The predicted octanol–water partition coefficient (Wildman–Crippen LogP) is 0.495. The Hall–Kier alpha value is -0.0800. The van der Waals surface area contributed by atoms with Crippen LogP contribution in [0.15, 0.2) is 0 Å². The standard InChI is InChI=1S/C8H15NO/c9-8-4-6(10)2-1-5-3-7(5)8/h5-8,10H,1-4,9H2/t5?,6-,7+,8+/m0/s1. The van der Waals surface area contributed by atoms with Crippen LogP contribution in [0, 0.1) is 11.8 Å². The van der Waals surface area contributed by atoms with E-state index < -0.39 is 0 Å². The molecule has 2 saturated carbocycles. The van der Waals surface area contributed by atoms with Gasteiger partial charge in [0, 0.05) is 6.04 Å². The monoisotopic (exact) mass is 141 g/mol. The Morgan fingerprint density at radius 1 is 1.20 bits per heavy atom. The van der Waals surface area contributed by atoms with Crippen molar-refractivity contribution in [2.45, 2.75) is 37.8 Å². The molecule has 58 valence electrons. The van der Waals surface area contributed by atoms with Crippen molar-refractivity contribution in [2.24, 2.45) is 17.6 Å². The average molecular weight is 141 g/mol. The summed E-state index contributed by atoms with van der Waals surface area (Å²) in [6.07, 6.45) is 4.24. The predicted molar refractivity (Wildman–Crippen MR) is 39.4 cm³/mol. The molecular weight excluding hydrogens is 126 g/mol. The van der Waals surface area contributed by atoms with Gasteiger partial charge in [0.2, 0.25) is 0 Å². The highest BCUT2D eigenvalue weighted by atomic mass is 16.3. The van der Waals surface area contributed by atoms with E-state index in [2.05, 4.69) is 0 Å². The summed E-state index contributed by atoms with van der Waals surface area (Å²) in [7, 11) is 0. The number of hydrogen-bond donors (Lipinski definition) is 2. The van der Waals surface area contributed by atoms with Gasteiger partial charge in [0.1, 0.15) is 0 Å². The molecule has 1 unspecified atom stereocenters. The fourth-order valence-corrected chi connectivity index (χ4v) is 2.14. The van der Waals surface area contributed by atoms with E-state index in [1.165, 1.54) is 12.8 Å². The fourth-order valence-electron chi connectivity index (χ4n) is 2.14. The molecule has 0 aromatic rings. The molecule has 0 heterocycles. The van der Waals surface area contributed by atoms with Crippen LogP contribution in [0.3, 0.4) is 0 Å². The molecule has 0 aromatic carbocycles. The number of aliphatic hydroxyl groups is 1. The first-order valence-electron chi connectivity index (χ1n) is 4.21. The van der Waals surface area contributed by atoms with Crippen LogP contribution in [0.4, 0.5) is 0 Å². The first-order valence-corrected chi connectivity index (χ1v) is 4.21. The Morgan fingerprint density at radius 3 is 2.80 bits per heavy atom. The zero-order valence-electron chi connectivity index (χ0n) is 6.16. The summed E-state index contributed by atoms with van der Waals surface area (Å²) in [5.41, 5.74) is 5.85. The van der Waals surface area contributed by atoms with Gasteiger partial charge in [0.05, 0.1) is 6.10 Å². The highest BCUT2D eigenvalue weighted by molar-refractivity contribution is 4.96. The summed E-state index contributed by atoms with van der Waals surface area (Å²) in [5, 5.41) is 9.32. The van der Waals surface area contributed by atoms with E-state index >= 15 is 0 Å². The third-order valence-corrected chi connectivity index (χ3v) is 2.94. The van der Waals surface area contributed by atoms with Crippen LogP contribution in [0.1, 0.15) is 25.7 Å². The smallest absolute Gasteiger partial charge is 0.0555 e. The van der Waals surface area contributed by atoms with Crippen molar-refractivity contribution >= 4 is 0 Å². The van der Waals surface area contributed by atoms with E-state index in [-0.39, 0.29) is 6.10 Å². The van der Waals surface area contributed by atoms with Gasteiger partial charge in [0.15, 0.2) is 0 Å². The molecule has 2 aliphatic rings. The maximum absolute atomic E-state index is 9.32. The second-order valence-corrected chi connectivity index (χ2v) is 3.79. The Balaban J connectivity index is 1.97. The van der Waals surface area contributed by atoms with Crippen LogP contribution >= 0.6 is 0 Å². The number of nitrogens with two attached hydrogens (primary N) is 1. The van der Waals surface area contributed by atoms with Gasteiger partial charge >= 0.3 is 0 Å². The van der Waals surface area contributed by atoms with E-state index in [0.29, 0.717) is 6.04 Å². The van der Waals surface area contributed by atoms with Gasteiger partial charge in [-0.05, 0) is 37.5 Å². The molecule has 0 aromatic heterocycles. The fraction of sp³-hybridized carbons (Fsp3) is 1.00. The van der Waals surface area contributed by atoms with E-state index in [1.54, 1.807) is 0 Å². The molecule has 3 N–H and O–H groups in total. The average Bonchev–Trinajstić information content (AvgIpc) is 2.59. The lowest BCUT2D eigenvalue weighted by atomic mass is 10.1. The Morgan fingerprint density at radius 2 is 2.00 bits per heavy atom. The summed E-state index contributed by atoms with van der Waals surface area (Å²) >= 11 is 0. The van der Waals surface area contributed by atoms with Crippen molar-refractivity contribution < 1.29 is 5.11 Å². The van der Waals surface area contributed by atoms with Crippen molar-refractivity contribution in [1.29, 1.82) is 0 Å². The number of hydrogen-bond acceptors (Lipinski definition) is 2. The second-order valence-electron chi connectivity index (χ2n) is 3.79. The van der Waals surface area contributed by atoms with Crippen molar-refractivity contribution in [3.63, 3.8) is 0 Å². The van der Waals surface area contributed by atoms with E-state index in [4.69, 9.17) is 5.73 Å². The molecule has 0 bridgehead atoms. The minimum atomic E-state index is -0.109. The Bertz CT molecular complexity index is 135. The molecule has 0 amide bonds. The lowest BCUT2D eigenvalue weighted by molar-refractivity contribution is 0.147. The molecular formula is C8H15NO. The van der Waals surface area contributed by atoms with Gasteiger partial charge < -0.3 is 10.8 Å². The van der Waals surface area contributed by atoms with Crippen LogP contribution in [0.5, 0.6) is 0 Å². The third kappa shape index (κ3) is 1.06. The highest BCUT2D eigenvalue weighted by Crippen LogP contribution is 2.47. The summed E-state index contributed by atoms with van der Waals surface area (Å²) in [6.45, 7) is 0. The second kappa shape index (κ2) is 2.21. The molecule has 0 spiro atoms. The molecule has 0 radical (unpaired) electrons. The van der Waals surface area contributed by atoms with E-state index in [9.17, 15) is 5.11 Å². The topological polar surface area (TPSA) is 46.2 Å². The quantitative estimate of drug-likeness (QED) is 0.516. The zero-order chi connectivity index (χ0) is 7.14. The highest BCUT2D eigenvalue weighted by Gasteiger charge is 2.43. The maximum Gasteiger partial charge on any atom is 0.0555 e. The minimum Gasteiger partial charge on any atom is -0.393 e. The van der Waals surface area contributed by atoms with Gasteiger partial charge in [-0.15, -0.1) is 0 Å². The molecule has 2 nitrogen and oxygen atoms in total. The lowest BCUT2D eigenvalue weighted by Gasteiger charge is -2.11. The SMILES string of the molecule is N[C@@H]1C[C@@H](O)CCC2C[C@H]21. The molecule has 2 aliphatic carbocycles. The van der Waals surface area contributed by atoms with E-state index in [0.717, 1.165) is 24.7 Å². The van der Waals surface area contributed by atoms with Gasteiger partial charge in [-0.2, -0.15) is 0 Å². The summed E-state index contributed by atoms with van der Waals surface area (Å²) in [4.78, 5) is 0. The molecule has 0 saturated heterocycles. The van der Waals surface area contributed by atoms with E-state index in [1.807, 2.05) is 0 Å². The summed E-state index contributed by atoms with van der Waals surface area (Å²) < 4.78 is 0. The Kier molecular flexibility index (Phi) is 1.46. The van der Waals surface area contributed by atoms with Crippen molar-refractivity contribution in [3.8, 4) is 0 Å². The van der Waals surface area contributed by atoms with Crippen LogP contribution in [-0.4, -0.2) is 17.3 Å². The maximum atomic E-state index is 9.32. The third-order valence-electron chi connectivity index (χ3n) is 2.94. The molecule has 4 atom stereocenters. The molecule has 2 heteroatoms. The Labute approximate surface area is 61.4 Å². The van der Waals surface area contributed by atoms with Gasteiger partial charge in [-0.25, -0.2) is 0 Å². The summed E-state index contributed by atoms with van der Waals surface area (Å²) in [6, 6.07) is 0.294. The van der Waals surface area contributed by atoms with Crippen molar-refractivity contribution in [1.82, 2.24) is 0 Å². The molecule has 10 heavy (non-hydrogen) atoms. The molecule has 2 rings (SSSR count). The number of rotatable bonds is 0. The molecule has 2 fully saturated rings. The van der Waals surface area contributed by atoms with Gasteiger partial charge in [0.25, 0.3) is 0 Å². The molecule has 0 aliphatic heterocycles. The lowest BCUT2D eigenvalue weighted by Crippen LogP contribution is -2.26. The van der Waals surface area contributed by atoms with Crippen LogP contribution in [-0.2, 0) is 0 Å². The zero-order valence-corrected chi connectivity index (χ0v) is 6.16. The minimum absolute atomic E-state index is 0.109. The van der Waals surface area contributed by atoms with Crippen molar-refractivity contribution in [2.75, 3.05) is 0 Å². The van der Waals surface area contributed by atoms with Gasteiger partial charge in [-0.1, -0.05) is 0 Å². The van der Waals surface area contributed by atoms with Crippen molar-refractivity contribution in [3.05, 3.63) is 0 Å². The summed E-state index contributed by atoms with van der Waals surface area (Å²) in [5.74, 6) is 1.63.